The van der Waals surface area contributed by atoms with Gasteiger partial charge in [-0.2, -0.15) is 0 Å². The molecule has 3 unspecified atom stereocenters. The van der Waals surface area contributed by atoms with E-state index < -0.39 is 0 Å². The van der Waals surface area contributed by atoms with Crippen LogP contribution in [0, 0.1) is 17.3 Å². The molecule has 3 N–H and O–H groups in total. The van der Waals surface area contributed by atoms with E-state index in [9.17, 15) is 4.79 Å². The molecule has 3 nitrogen and oxygen atoms in total. The highest BCUT2D eigenvalue weighted by Gasteiger charge is 2.38. The van der Waals surface area contributed by atoms with Crippen molar-refractivity contribution in [2.45, 2.75) is 72.3 Å². The van der Waals surface area contributed by atoms with E-state index in [0.29, 0.717) is 18.5 Å². The van der Waals surface area contributed by atoms with Crippen LogP contribution in [0.5, 0.6) is 0 Å². The van der Waals surface area contributed by atoms with Gasteiger partial charge in [0.05, 0.1) is 5.41 Å². The fourth-order valence-corrected chi connectivity index (χ4v) is 3.50. The van der Waals surface area contributed by atoms with Crippen LogP contribution >= 0.6 is 0 Å². The molecular weight excluding hydrogens is 236 g/mol. The van der Waals surface area contributed by atoms with Crippen molar-refractivity contribution in [2.24, 2.45) is 23.0 Å². The van der Waals surface area contributed by atoms with Crippen molar-refractivity contribution in [3.05, 3.63) is 0 Å². The zero-order chi connectivity index (χ0) is 14.5. The Balaban J connectivity index is 2.71. The van der Waals surface area contributed by atoms with Crippen LogP contribution in [0.15, 0.2) is 0 Å². The van der Waals surface area contributed by atoms with E-state index in [1.165, 1.54) is 6.42 Å². The van der Waals surface area contributed by atoms with Gasteiger partial charge < -0.3 is 11.1 Å². The van der Waals surface area contributed by atoms with E-state index in [4.69, 9.17) is 5.73 Å². The molecule has 0 heterocycles. The van der Waals surface area contributed by atoms with Crippen molar-refractivity contribution in [3.8, 4) is 0 Å². The Bertz CT molecular complexity index is 284. The Morgan fingerprint density at radius 2 is 1.79 bits per heavy atom. The minimum atomic E-state index is -0.338. The van der Waals surface area contributed by atoms with Crippen LogP contribution in [-0.2, 0) is 4.79 Å². The van der Waals surface area contributed by atoms with Gasteiger partial charge >= 0.3 is 0 Å². The lowest BCUT2D eigenvalue weighted by molar-refractivity contribution is -0.132. The molecule has 0 saturated heterocycles. The molecule has 1 fully saturated rings. The van der Waals surface area contributed by atoms with Crippen molar-refractivity contribution in [2.75, 3.05) is 6.54 Å². The Morgan fingerprint density at radius 3 is 2.16 bits per heavy atom. The molecule has 1 amide bonds. The van der Waals surface area contributed by atoms with E-state index in [0.717, 1.165) is 38.0 Å². The van der Waals surface area contributed by atoms with Crippen molar-refractivity contribution in [3.63, 3.8) is 0 Å². The van der Waals surface area contributed by atoms with E-state index in [-0.39, 0.29) is 11.3 Å². The number of amides is 1. The van der Waals surface area contributed by atoms with E-state index in [1.54, 1.807) is 0 Å². The number of carbonyl (C=O) groups excluding carboxylic acids is 1. The lowest BCUT2D eigenvalue weighted by atomic mass is 9.78. The molecule has 19 heavy (non-hydrogen) atoms. The Hall–Kier alpha value is -0.570. The summed E-state index contributed by atoms with van der Waals surface area (Å²) >= 11 is 0. The fourth-order valence-electron chi connectivity index (χ4n) is 3.50. The average molecular weight is 268 g/mol. The summed E-state index contributed by atoms with van der Waals surface area (Å²) in [6, 6.07) is 0.349. The molecule has 0 radical (unpaired) electrons. The van der Waals surface area contributed by atoms with Crippen LogP contribution in [0.4, 0.5) is 0 Å². The molecule has 1 aliphatic rings. The molecule has 0 aromatic heterocycles. The number of carbonyl (C=O) groups is 1. The minimum Gasteiger partial charge on any atom is -0.353 e. The fraction of sp³-hybridized carbons (Fsp3) is 0.938. The summed E-state index contributed by atoms with van der Waals surface area (Å²) in [6.45, 7) is 9.27. The van der Waals surface area contributed by atoms with E-state index in [1.807, 2.05) is 0 Å². The highest BCUT2D eigenvalue weighted by atomic mass is 16.2. The first-order valence-corrected chi connectivity index (χ1v) is 8.01. The molecule has 0 bridgehead atoms. The SMILES string of the molecule is CCCC(CN)(CCC)C(=O)NC1CCC(C)C1C. The monoisotopic (exact) mass is 268 g/mol. The second-order valence-electron chi connectivity index (χ2n) is 6.48. The zero-order valence-corrected chi connectivity index (χ0v) is 13.2. The van der Waals surface area contributed by atoms with Crippen LogP contribution in [0.3, 0.4) is 0 Å². The molecule has 0 spiro atoms. The van der Waals surface area contributed by atoms with Crippen molar-refractivity contribution >= 4 is 5.91 Å². The second kappa shape index (κ2) is 7.28. The van der Waals surface area contributed by atoms with Gasteiger partial charge in [0.15, 0.2) is 0 Å². The smallest absolute Gasteiger partial charge is 0.227 e. The van der Waals surface area contributed by atoms with Crippen LogP contribution in [0.2, 0.25) is 0 Å². The highest BCUT2D eigenvalue weighted by Crippen LogP contribution is 2.34. The Morgan fingerprint density at radius 1 is 1.21 bits per heavy atom. The third kappa shape index (κ3) is 3.71. The number of nitrogens with two attached hydrogens (primary N) is 1. The van der Waals surface area contributed by atoms with Gasteiger partial charge in [-0.05, 0) is 37.5 Å². The van der Waals surface area contributed by atoms with E-state index in [2.05, 4.69) is 33.0 Å². The normalized spacial score (nSPS) is 27.5. The summed E-state index contributed by atoms with van der Waals surface area (Å²) in [5.74, 6) is 1.50. The molecule has 3 heteroatoms. The summed E-state index contributed by atoms with van der Waals surface area (Å²) in [5, 5.41) is 3.30. The largest absolute Gasteiger partial charge is 0.353 e. The number of hydrogen-bond donors (Lipinski definition) is 2. The van der Waals surface area contributed by atoms with Gasteiger partial charge in [-0.1, -0.05) is 40.5 Å². The summed E-state index contributed by atoms with van der Waals surface area (Å²) in [5.41, 5.74) is 5.62. The predicted molar refractivity (Wildman–Crippen MR) is 80.8 cm³/mol. The Labute approximate surface area is 118 Å². The molecule has 1 rings (SSSR count). The number of rotatable bonds is 7. The second-order valence-corrected chi connectivity index (χ2v) is 6.48. The van der Waals surface area contributed by atoms with Gasteiger partial charge in [-0.3, -0.25) is 4.79 Å². The van der Waals surface area contributed by atoms with Gasteiger partial charge in [-0.25, -0.2) is 0 Å². The Kier molecular flexibility index (Phi) is 6.31. The van der Waals surface area contributed by atoms with Crippen molar-refractivity contribution in [1.29, 1.82) is 0 Å². The highest BCUT2D eigenvalue weighted by molar-refractivity contribution is 5.83. The number of hydrogen-bond acceptors (Lipinski definition) is 2. The zero-order valence-electron chi connectivity index (χ0n) is 13.2. The molecule has 112 valence electrons. The maximum absolute atomic E-state index is 12.7. The van der Waals surface area contributed by atoms with Gasteiger partial charge in [0, 0.05) is 12.6 Å². The van der Waals surface area contributed by atoms with Crippen LogP contribution in [0.25, 0.3) is 0 Å². The topological polar surface area (TPSA) is 55.1 Å². The van der Waals surface area contributed by atoms with Gasteiger partial charge in [-0.15, -0.1) is 0 Å². The first-order valence-electron chi connectivity index (χ1n) is 8.01. The molecule has 0 aliphatic heterocycles. The van der Waals surface area contributed by atoms with Crippen molar-refractivity contribution < 1.29 is 4.79 Å². The summed E-state index contributed by atoms with van der Waals surface area (Å²) < 4.78 is 0. The van der Waals surface area contributed by atoms with Gasteiger partial charge in [0.2, 0.25) is 5.91 Å². The maximum Gasteiger partial charge on any atom is 0.227 e. The number of nitrogens with one attached hydrogen (secondary N) is 1. The maximum atomic E-state index is 12.7. The minimum absolute atomic E-state index is 0.199. The molecular formula is C16H32N2O. The third-order valence-corrected chi connectivity index (χ3v) is 5.11. The lowest BCUT2D eigenvalue weighted by Gasteiger charge is -2.33. The van der Waals surface area contributed by atoms with Crippen LogP contribution < -0.4 is 11.1 Å². The molecule has 0 aromatic rings. The summed E-state index contributed by atoms with van der Waals surface area (Å²) in [7, 11) is 0. The third-order valence-electron chi connectivity index (χ3n) is 5.11. The van der Waals surface area contributed by atoms with Crippen LogP contribution in [0.1, 0.15) is 66.2 Å². The van der Waals surface area contributed by atoms with Gasteiger partial charge in [0.1, 0.15) is 0 Å². The first kappa shape index (κ1) is 16.5. The average Bonchev–Trinajstić information content (AvgIpc) is 2.70. The molecule has 0 aromatic carbocycles. The van der Waals surface area contributed by atoms with E-state index >= 15 is 0 Å². The van der Waals surface area contributed by atoms with Crippen molar-refractivity contribution in [1.82, 2.24) is 5.32 Å². The standard InChI is InChI=1S/C16H32N2O/c1-5-9-16(11-17,10-6-2)15(19)18-14-8-7-12(3)13(14)4/h12-14H,5-11,17H2,1-4H3,(H,18,19). The van der Waals surface area contributed by atoms with Crippen LogP contribution in [-0.4, -0.2) is 18.5 Å². The predicted octanol–water partition coefficient (Wildman–Crippen LogP) is 3.08. The first-order chi connectivity index (χ1) is 9.00. The van der Waals surface area contributed by atoms with Gasteiger partial charge in [0.25, 0.3) is 0 Å². The molecule has 3 atom stereocenters. The molecule has 1 aliphatic carbocycles. The lowest BCUT2D eigenvalue weighted by Crippen LogP contribution is -2.50. The molecule has 1 saturated carbocycles. The summed E-state index contributed by atoms with van der Waals surface area (Å²) in [4.78, 5) is 12.7. The summed E-state index contributed by atoms with van der Waals surface area (Å²) in [6.07, 6.45) is 6.18. The quantitative estimate of drug-likeness (QED) is 0.745.